The van der Waals surface area contributed by atoms with Crippen LogP contribution in [0.15, 0.2) is 6.33 Å². The van der Waals surface area contributed by atoms with E-state index in [9.17, 15) is 10.2 Å². The van der Waals surface area contributed by atoms with Crippen LogP contribution in [0.1, 0.15) is 11.8 Å². The Balaban J connectivity index is 2.04. The van der Waals surface area contributed by atoms with Crippen molar-refractivity contribution in [3.63, 3.8) is 0 Å². The number of aromatic amines is 1. The second-order valence-corrected chi connectivity index (χ2v) is 5.08. The first-order valence-corrected chi connectivity index (χ1v) is 6.47. The Morgan fingerprint density at radius 3 is 2.74 bits per heavy atom. The third-order valence-corrected chi connectivity index (χ3v) is 3.79. The van der Waals surface area contributed by atoms with Gasteiger partial charge in [0.2, 0.25) is 0 Å². The normalized spacial score (nSPS) is 31.1. The molecule has 101 valence electrons. The Labute approximate surface area is 115 Å². The zero-order valence-corrected chi connectivity index (χ0v) is 11.3. The van der Waals surface area contributed by atoms with Crippen molar-refractivity contribution in [2.45, 2.75) is 24.4 Å². The molecule has 2 aromatic heterocycles. The SMILES string of the molecule is OCC1OC(c2[nH]nc3c([Se])ncnc23)C(O)C1O. The predicted molar refractivity (Wildman–Crippen MR) is 63.8 cm³/mol. The Kier molecular flexibility index (Phi) is 3.25. The van der Waals surface area contributed by atoms with E-state index in [0.29, 0.717) is 21.3 Å². The molecule has 4 N–H and O–H groups in total. The first kappa shape index (κ1) is 12.9. The number of nitrogens with zero attached hydrogens (tertiary/aromatic N) is 3. The van der Waals surface area contributed by atoms with Gasteiger partial charge in [0.1, 0.15) is 0 Å². The van der Waals surface area contributed by atoms with Crippen molar-refractivity contribution in [1.82, 2.24) is 20.2 Å². The molecular formula is C10H11N4O4Se. The van der Waals surface area contributed by atoms with Crippen molar-refractivity contribution < 1.29 is 20.1 Å². The molecule has 19 heavy (non-hydrogen) atoms. The minimum absolute atomic E-state index is 0.372. The van der Waals surface area contributed by atoms with Crippen LogP contribution in [0.2, 0.25) is 0 Å². The topological polar surface area (TPSA) is 124 Å². The third-order valence-electron chi connectivity index (χ3n) is 3.16. The van der Waals surface area contributed by atoms with Crippen molar-refractivity contribution in [1.29, 1.82) is 0 Å². The van der Waals surface area contributed by atoms with E-state index < -0.39 is 24.4 Å². The number of fused-ring (bicyclic) bond motifs is 1. The van der Waals surface area contributed by atoms with E-state index in [1.54, 1.807) is 0 Å². The van der Waals surface area contributed by atoms with Crippen LogP contribution in [-0.4, -0.2) is 76.4 Å². The van der Waals surface area contributed by atoms with E-state index in [2.05, 4.69) is 36.2 Å². The Morgan fingerprint density at radius 2 is 2.05 bits per heavy atom. The maximum atomic E-state index is 9.97. The molecule has 8 nitrogen and oxygen atoms in total. The quantitative estimate of drug-likeness (QED) is 0.442. The second kappa shape index (κ2) is 4.78. The predicted octanol–water partition coefficient (Wildman–Crippen LogP) is -2.70. The summed E-state index contributed by atoms with van der Waals surface area (Å²) in [5, 5.41) is 35.6. The molecule has 9 heteroatoms. The van der Waals surface area contributed by atoms with Gasteiger partial charge < -0.3 is 0 Å². The third kappa shape index (κ3) is 1.95. The van der Waals surface area contributed by atoms with Crippen LogP contribution in [-0.2, 0) is 4.74 Å². The maximum absolute atomic E-state index is 9.97. The second-order valence-electron chi connectivity index (χ2n) is 4.27. The molecule has 4 atom stereocenters. The number of hydrogen-bond acceptors (Lipinski definition) is 7. The molecule has 1 aliphatic heterocycles. The fourth-order valence-corrected chi connectivity index (χ4v) is 2.56. The molecule has 1 saturated heterocycles. The summed E-state index contributed by atoms with van der Waals surface area (Å²) in [6, 6.07) is 0. The van der Waals surface area contributed by atoms with Gasteiger partial charge in [0, 0.05) is 0 Å². The summed E-state index contributed by atoms with van der Waals surface area (Å²) in [6.07, 6.45) is -2.57. The molecule has 2 aromatic rings. The number of H-pyrrole nitrogens is 1. The molecule has 4 unspecified atom stereocenters. The summed E-state index contributed by atoms with van der Waals surface area (Å²) >= 11 is 2.76. The van der Waals surface area contributed by atoms with Gasteiger partial charge in [0.25, 0.3) is 0 Å². The molecule has 3 heterocycles. The summed E-state index contributed by atoms with van der Waals surface area (Å²) in [7, 11) is 0. The van der Waals surface area contributed by atoms with Crippen LogP contribution in [0.3, 0.4) is 0 Å². The molecular weight excluding hydrogens is 319 g/mol. The number of hydrogen-bond donors (Lipinski definition) is 4. The van der Waals surface area contributed by atoms with E-state index in [1.165, 1.54) is 6.33 Å². The van der Waals surface area contributed by atoms with Gasteiger partial charge in [-0.2, -0.15) is 0 Å². The average Bonchev–Trinajstić information content (AvgIpc) is 2.94. The molecule has 0 spiro atoms. The zero-order chi connectivity index (χ0) is 13.6. The van der Waals surface area contributed by atoms with Crippen molar-refractivity contribution >= 4 is 31.6 Å². The molecule has 0 amide bonds. The van der Waals surface area contributed by atoms with Crippen LogP contribution in [0.4, 0.5) is 0 Å². The average molecular weight is 330 g/mol. The van der Waals surface area contributed by atoms with Crippen LogP contribution in [0.25, 0.3) is 11.0 Å². The van der Waals surface area contributed by atoms with Crippen molar-refractivity contribution in [3.05, 3.63) is 12.0 Å². The summed E-state index contributed by atoms with van der Waals surface area (Å²) in [4.78, 5) is 8.07. The molecule has 1 aliphatic rings. The van der Waals surface area contributed by atoms with Gasteiger partial charge in [-0.15, -0.1) is 0 Å². The number of aliphatic hydroxyl groups excluding tert-OH is 3. The first-order valence-electron chi connectivity index (χ1n) is 5.62. The number of aliphatic hydroxyl groups is 3. The van der Waals surface area contributed by atoms with Crippen molar-refractivity contribution in [2.24, 2.45) is 0 Å². The van der Waals surface area contributed by atoms with Crippen molar-refractivity contribution in [2.75, 3.05) is 6.61 Å². The van der Waals surface area contributed by atoms with Gasteiger partial charge >= 0.3 is 115 Å². The van der Waals surface area contributed by atoms with E-state index in [4.69, 9.17) is 9.84 Å². The van der Waals surface area contributed by atoms with E-state index in [1.807, 2.05) is 0 Å². The molecule has 1 fully saturated rings. The molecule has 3 rings (SSSR count). The van der Waals surface area contributed by atoms with Gasteiger partial charge in [0.15, 0.2) is 0 Å². The van der Waals surface area contributed by atoms with Gasteiger partial charge in [-0.1, -0.05) is 0 Å². The molecule has 0 bridgehead atoms. The van der Waals surface area contributed by atoms with Crippen LogP contribution < -0.4 is 4.59 Å². The fraction of sp³-hybridized carbons (Fsp3) is 0.500. The van der Waals surface area contributed by atoms with Gasteiger partial charge in [-0.05, 0) is 0 Å². The van der Waals surface area contributed by atoms with Gasteiger partial charge in [0.05, 0.1) is 0 Å². The summed E-state index contributed by atoms with van der Waals surface area (Å²) < 4.78 is 6.02. The number of nitrogens with one attached hydrogen (secondary N) is 1. The van der Waals surface area contributed by atoms with E-state index in [-0.39, 0.29) is 6.61 Å². The molecule has 0 saturated carbocycles. The van der Waals surface area contributed by atoms with Gasteiger partial charge in [-0.3, -0.25) is 0 Å². The number of ether oxygens (including phenoxy) is 1. The summed E-state index contributed by atoms with van der Waals surface area (Å²) in [5.41, 5.74) is 1.50. The molecule has 1 radical (unpaired) electrons. The van der Waals surface area contributed by atoms with Crippen molar-refractivity contribution in [3.8, 4) is 0 Å². The number of aromatic nitrogens is 4. The van der Waals surface area contributed by atoms with Gasteiger partial charge in [-0.25, -0.2) is 0 Å². The zero-order valence-electron chi connectivity index (χ0n) is 9.59. The monoisotopic (exact) mass is 331 g/mol. The van der Waals surface area contributed by atoms with Crippen LogP contribution in [0.5, 0.6) is 0 Å². The van der Waals surface area contributed by atoms with Crippen LogP contribution in [0, 0.1) is 0 Å². The Hall–Kier alpha value is -1.09. The summed E-state index contributed by atoms with van der Waals surface area (Å²) in [6.45, 7) is -0.372. The molecule has 0 aliphatic carbocycles. The minimum atomic E-state index is -1.15. The standard InChI is InChI=1S/C10H11N4O4Se/c15-1-3-7(16)8(17)9(18-3)5-4-6(14-13-5)10(19)12-2-11-4/h2-3,7-9,15-17H,1H2,(H,13,14). The number of rotatable bonds is 2. The van der Waals surface area contributed by atoms with Crippen LogP contribution >= 0.6 is 0 Å². The first-order chi connectivity index (χ1) is 9.13. The van der Waals surface area contributed by atoms with E-state index in [0.717, 1.165) is 0 Å². The summed E-state index contributed by atoms with van der Waals surface area (Å²) in [5.74, 6) is 0. The Bertz CT molecular complexity index is 606. The Morgan fingerprint density at radius 1 is 1.26 bits per heavy atom. The molecule has 0 aromatic carbocycles. The fourth-order valence-electron chi connectivity index (χ4n) is 2.17. The van der Waals surface area contributed by atoms with E-state index >= 15 is 0 Å².